The zero-order valence-electron chi connectivity index (χ0n) is 11.9. The monoisotopic (exact) mass is 271 g/mol. The molecule has 1 amide bonds. The molecule has 0 saturated carbocycles. The minimum Gasteiger partial charge on any atom is -0.335 e. The molecular formula is C17H18FNO. The Hall–Kier alpha value is -2.16. The highest BCUT2D eigenvalue weighted by Gasteiger charge is 2.21. The summed E-state index contributed by atoms with van der Waals surface area (Å²) in [5.41, 5.74) is 2.10. The van der Waals surface area contributed by atoms with E-state index in [4.69, 9.17) is 0 Å². The number of halogens is 1. The minimum atomic E-state index is -0.316. The second kappa shape index (κ2) is 5.87. The lowest BCUT2D eigenvalue weighted by Crippen LogP contribution is -2.30. The van der Waals surface area contributed by atoms with Crippen LogP contribution in [0.2, 0.25) is 0 Å². The second-order valence-corrected chi connectivity index (χ2v) is 4.93. The van der Waals surface area contributed by atoms with Crippen LogP contribution < -0.4 is 0 Å². The van der Waals surface area contributed by atoms with Gasteiger partial charge in [-0.1, -0.05) is 36.4 Å². The molecule has 3 heteroatoms. The van der Waals surface area contributed by atoms with Crippen LogP contribution in [0.3, 0.4) is 0 Å². The van der Waals surface area contributed by atoms with Crippen LogP contribution in [0.1, 0.15) is 34.5 Å². The number of carbonyl (C=O) groups is 1. The SMILES string of the molecule is Cc1ccccc1C(=O)N(C)C(C)c1ccccc1F. The molecule has 0 bridgehead atoms. The van der Waals surface area contributed by atoms with Crippen molar-refractivity contribution >= 4 is 5.91 Å². The van der Waals surface area contributed by atoms with E-state index in [0.29, 0.717) is 11.1 Å². The van der Waals surface area contributed by atoms with Gasteiger partial charge in [0.2, 0.25) is 0 Å². The average Bonchev–Trinajstić information content (AvgIpc) is 2.46. The summed E-state index contributed by atoms with van der Waals surface area (Å²) in [7, 11) is 1.70. The van der Waals surface area contributed by atoms with E-state index in [0.717, 1.165) is 5.56 Å². The Labute approximate surface area is 118 Å². The Morgan fingerprint density at radius 3 is 2.35 bits per heavy atom. The van der Waals surface area contributed by atoms with E-state index >= 15 is 0 Å². The number of nitrogens with zero attached hydrogens (tertiary/aromatic N) is 1. The number of hydrogen-bond donors (Lipinski definition) is 0. The lowest BCUT2D eigenvalue weighted by atomic mass is 10.0. The quantitative estimate of drug-likeness (QED) is 0.827. The van der Waals surface area contributed by atoms with Gasteiger partial charge in [-0.25, -0.2) is 4.39 Å². The Kier molecular flexibility index (Phi) is 4.18. The van der Waals surface area contributed by atoms with Crippen molar-refractivity contribution in [2.45, 2.75) is 19.9 Å². The molecule has 2 aromatic carbocycles. The predicted molar refractivity (Wildman–Crippen MR) is 78.1 cm³/mol. The number of benzene rings is 2. The maximum absolute atomic E-state index is 13.8. The molecule has 2 aromatic rings. The van der Waals surface area contributed by atoms with Gasteiger partial charge in [0.05, 0.1) is 6.04 Å². The molecule has 1 unspecified atom stereocenters. The largest absolute Gasteiger partial charge is 0.335 e. The van der Waals surface area contributed by atoms with E-state index in [1.807, 2.05) is 32.0 Å². The van der Waals surface area contributed by atoms with E-state index in [1.54, 1.807) is 36.2 Å². The van der Waals surface area contributed by atoms with Crippen LogP contribution in [0.15, 0.2) is 48.5 Å². The van der Waals surface area contributed by atoms with Gasteiger partial charge in [0.15, 0.2) is 0 Å². The molecule has 0 aliphatic rings. The molecule has 0 fully saturated rings. The topological polar surface area (TPSA) is 20.3 Å². The Morgan fingerprint density at radius 1 is 1.10 bits per heavy atom. The zero-order valence-corrected chi connectivity index (χ0v) is 11.9. The van der Waals surface area contributed by atoms with Crippen molar-refractivity contribution in [3.05, 3.63) is 71.0 Å². The predicted octanol–water partition coefficient (Wildman–Crippen LogP) is 3.97. The van der Waals surface area contributed by atoms with Gasteiger partial charge in [0.1, 0.15) is 5.82 Å². The van der Waals surface area contributed by atoms with Crippen molar-refractivity contribution in [3.8, 4) is 0 Å². The lowest BCUT2D eigenvalue weighted by molar-refractivity contribution is 0.0739. The molecule has 0 spiro atoms. The van der Waals surface area contributed by atoms with Crippen LogP contribution in [0, 0.1) is 12.7 Å². The number of hydrogen-bond acceptors (Lipinski definition) is 1. The van der Waals surface area contributed by atoms with E-state index in [-0.39, 0.29) is 17.8 Å². The van der Waals surface area contributed by atoms with E-state index in [1.165, 1.54) is 6.07 Å². The van der Waals surface area contributed by atoms with Crippen LogP contribution in [-0.2, 0) is 0 Å². The number of rotatable bonds is 3. The van der Waals surface area contributed by atoms with Crippen molar-refractivity contribution in [2.24, 2.45) is 0 Å². The normalized spacial score (nSPS) is 12.0. The summed E-state index contributed by atoms with van der Waals surface area (Å²) in [5, 5.41) is 0. The van der Waals surface area contributed by atoms with Crippen LogP contribution in [0.25, 0.3) is 0 Å². The fourth-order valence-electron chi connectivity index (χ4n) is 2.20. The summed E-state index contributed by atoms with van der Waals surface area (Å²) in [6.07, 6.45) is 0. The molecule has 0 N–H and O–H groups in total. The van der Waals surface area contributed by atoms with Crippen LogP contribution >= 0.6 is 0 Å². The molecule has 0 aliphatic carbocycles. The fourth-order valence-corrected chi connectivity index (χ4v) is 2.20. The molecule has 0 saturated heterocycles. The third kappa shape index (κ3) is 2.72. The first-order valence-corrected chi connectivity index (χ1v) is 6.59. The molecule has 20 heavy (non-hydrogen) atoms. The van der Waals surface area contributed by atoms with E-state index in [2.05, 4.69) is 0 Å². The third-order valence-electron chi connectivity index (χ3n) is 3.63. The summed E-state index contributed by atoms with van der Waals surface area (Å²) in [4.78, 5) is 14.1. The molecule has 0 radical (unpaired) electrons. The first-order valence-electron chi connectivity index (χ1n) is 6.59. The molecule has 2 nitrogen and oxygen atoms in total. The number of amides is 1. The van der Waals surface area contributed by atoms with Gasteiger partial charge in [0.25, 0.3) is 5.91 Å². The molecular weight excluding hydrogens is 253 g/mol. The first-order chi connectivity index (χ1) is 9.52. The summed E-state index contributed by atoms with van der Waals surface area (Å²) in [6.45, 7) is 3.73. The smallest absolute Gasteiger partial charge is 0.254 e. The fraction of sp³-hybridized carbons (Fsp3) is 0.235. The van der Waals surface area contributed by atoms with Crippen LogP contribution in [0.5, 0.6) is 0 Å². The van der Waals surface area contributed by atoms with Gasteiger partial charge >= 0.3 is 0 Å². The molecule has 0 aliphatic heterocycles. The van der Waals surface area contributed by atoms with Crippen molar-refractivity contribution in [1.82, 2.24) is 4.90 Å². The van der Waals surface area contributed by atoms with Crippen molar-refractivity contribution in [1.29, 1.82) is 0 Å². The van der Waals surface area contributed by atoms with Gasteiger partial charge in [0, 0.05) is 18.2 Å². The first kappa shape index (κ1) is 14.3. The van der Waals surface area contributed by atoms with Crippen LogP contribution in [0.4, 0.5) is 4.39 Å². The van der Waals surface area contributed by atoms with Crippen LogP contribution in [-0.4, -0.2) is 17.9 Å². The molecule has 104 valence electrons. The molecule has 2 rings (SSSR count). The molecule has 0 aromatic heterocycles. The van der Waals surface area contributed by atoms with Gasteiger partial charge < -0.3 is 4.90 Å². The van der Waals surface area contributed by atoms with Gasteiger partial charge in [-0.05, 0) is 31.5 Å². The zero-order chi connectivity index (χ0) is 14.7. The molecule has 0 heterocycles. The van der Waals surface area contributed by atoms with Gasteiger partial charge in [-0.3, -0.25) is 4.79 Å². The summed E-state index contributed by atoms with van der Waals surface area (Å²) in [5.74, 6) is -0.386. The van der Waals surface area contributed by atoms with Crippen molar-refractivity contribution < 1.29 is 9.18 Å². The van der Waals surface area contributed by atoms with E-state index in [9.17, 15) is 9.18 Å². The highest BCUT2D eigenvalue weighted by Crippen LogP contribution is 2.23. The highest BCUT2D eigenvalue weighted by atomic mass is 19.1. The Balaban J connectivity index is 2.28. The maximum Gasteiger partial charge on any atom is 0.254 e. The van der Waals surface area contributed by atoms with Gasteiger partial charge in [-0.15, -0.1) is 0 Å². The van der Waals surface area contributed by atoms with Crippen molar-refractivity contribution in [2.75, 3.05) is 7.05 Å². The minimum absolute atomic E-state index is 0.0983. The third-order valence-corrected chi connectivity index (χ3v) is 3.63. The summed E-state index contributed by atoms with van der Waals surface area (Å²) >= 11 is 0. The number of carbonyl (C=O) groups excluding carboxylic acids is 1. The summed E-state index contributed by atoms with van der Waals surface area (Å²) < 4.78 is 13.8. The van der Waals surface area contributed by atoms with Crippen molar-refractivity contribution in [3.63, 3.8) is 0 Å². The summed E-state index contributed by atoms with van der Waals surface area (Å²) in [6, 6.07) is 13.7. The number of aryl methyl sites for hydroxylation is 1. The standard InChI is InChI=1S/C17H18FNO/c1-12-8-4-5-9-14(12)17(20)19(3)13(2)15-10-6-7-11-16(15)18/h4-11,13H,1-3H3. The average molecular weight is 271 g/mol. The second-order valence-electron chi connectivity index (χ2n) is 4.93. The Bertz CT molecular complexity index is 624. The van der Waals surface area contributed by atoms with E-state index < -0.39 is 0 Å². The maximum atomic E-state index is 13.8. The molecule has 1 atom stereocenters. The lowest BCUT2D eigenvalue weighted by Gasteiger charge is -2.26. The highest BCUT2D eigenvalue weighted by molar-refractivity contribution is 5.95. The Morgan fingerprint density at radius 2 is 1.70 bits per heavy atom. The van der Waals surface area contributed by atoms with Gasteiger partial charge in [-0.2, -0.15) is 0 Å².